The zero-order chi connectivity index (χ0) is 19.2. The highest BCUT2D eigenvalue weighted by atomic mass is 16.5. The van der Waals surface area contributed by atoms with Crippen LogP contribution in [0, 0.1) is 17.8 Å². The van der Waals surface area contributed by atoms with Crippen LogP contribution >= 0.6 is 0 Å². The van der Waals surface area contributed by atoms with Crippen LogP contribution in [0.3, 0.4) is 0 Å². The summed E-state index contributed by atoms with van der Waals surface area (Å²) in [6.45, 7) is 7.37. The molecule has 0 aromatic rings. The molecule has 0 amide bonds. The van der Waals surface area contributed by atoms with Crippen molar-refractivity contribution >= 4 is 11.9 Å². The van der Waals surface area contributed by atoms with Crippen LogP contribution in [0.5, 0.6) is 0 Å². The van der Waals surface area contributed by atoms with E-state index in [1.54, 1.807) is 0 Å². The van der Waals surface area contributed by atoms with E-state index in [2.05, 4.69) is 13.8 Å². The molecule has 4 heteroatoms. The van der Waals surface area contributed by atoms with Gasteiger partial charge in [0.25, 0.3) is 0 Å². The Kier molecular flexibility index (Phi) is 12.1. The van der Waals surface area contributed by atoms with Gasteiger partial charge in [0.1, 0.15) is 0 Å². The molecular formula is C22H38O4. The number of carbonyl (C=O) groups excluding carboxylic acids is 2. The van der Waals surface area contributed by atoms with E-state index in [1.165, 1.54) is 32.1 Å². The van der Waals surface area contributed by atoms with Gasteiger partial charge in [-0.2, -0.15) is 0 Å². The summed E-state index contributed by atoms with van der Waals surface area (Å²) in [5.41, 5.74) is 0. The molecule has 1 aliphatic carbocycles. The number of hydrogen-bond acceptors (Lipinski definition) is 4. The minimum atomic E-state index is -0.389. The minimum absolute atomic E-state index is 0.246. The van der Waals surface area contributed by atoms with Crippen LogP contribution in [0.1, 0.15) is 85.0 Å². The summed E-state index contributed by atoms with van der Waals surface area (Å²) in [6.07, 6.45) is 14.3. The lowest BCUT2D eigenvalue weighted by Crippen LogP contribution is -2.34. The van der Waals surface area contributed by atoms with E-state index in [-0.39, 0.29) is 23.8 Å². The Morgan fingerprint density at radius 1 is 0.846 bits per heavy atom. The number of carbonyl (C=O) groups is 2. The fourth-order valence-corrected chi connectivity index (χ4v) is 3.29. The quantitative estimate of drug-likeness (QED) is 0.247. The van der Waals surface area contributed by atoms with Crippen molar-refractivity contribution in [1.29, 1.82) is 0 Å². The lowest BCUT2D eigenvalue weighted by Gasteiger charge is -2.25. The first kappa shape index (κ1) is 22.7. The summed E-state index contributed by atoms with van der Waals surface area (Å²) in [5.74, 6) is -0.489. The van der Waals surface area contributed by atoms with E-state index in [0.29, 0.717) is 26.1 Å². The first-order chi connectivity index (χ1) is 12.6. The highest BCUT2D eigenvalue weighted by molar-refractivity contribution is 5.82. The molecule has 150 valence electrons. The molecule has 0 aromatic heterocycles. The third kappa shape index (κ3) is 9.40. The molecule has 0 heterocycles. The minimum Gasteiger partial charge on any atom is -0.465 e. The van der Waals surface area contributed by atoms with Gasteiger partial charge in [-0.05, 0) is 31.6 Å². The first-order valence-corrected chi connectivity index (χ1v) is 10.5. The molecule has 0 radical (unpaired) electrons. The number of esters is 2. The monoisotopic (exact) mass is 366 g/mol. The van der Waals surface area contributed by atoms with Gasteiger partial charge in [-0.1, -0.05) is 71.4 Å². The summed E-state index contributed by atoms with van der Waals surface area (Å²) >= 11 is 0. The van der Waals surface area contributed by atoms with E-state index in [1.807, 2.05) is 19.1 Å². The van der Waals surface area contributed by atoms with Crippen molar-refractivity contribution < 1.29 is 19.1 Å². The summed E-state index contributed by atoms with van der Waals surface area (Å²) in [7, 11) is 0. The predicted octanol–water partition coefficient (Wildman–Crippen LogP) is 5.45. The second-order valence-electron chi connectivity index (χ2n) is 7.79. The molecule has 2 unspecified atom stereocenters. The molecule has 0 fully saturated rings. The van der Waals surface area contributed by atoms with Crippen molar-refractivity contribution in [2.75, 3.05) is 13.2 Å². The maximum atomic E-state index is 12.4. The molecule has 0 saturated carbocycles. The molecule has 0 aliphatic heterocycles. The lowest BCUT2D eigenvalue weighted by atomic mass is 9.83. The summed E-state index contributed by atoms with van der Waals surface area (Å²) in [5, 5.41) is 0. The summed E-state index contributed by atoms with van der Waals surface area (Å²) in [4.78, 5) is 24.5. The Morgan fingerprint density at radius 2 is 1.35 bits per heavy atom. The average Bonchev–Trinajstić information content (AvgIpc) is 2.64. The Hall–Kier alpha value is -1.32. The topological polar surface area (TPSA) is 52.6 Å². The van der Waals surface area contributed by atoms with Crippen molar-refractivity contribution in [2.45, 2.75) is 85.0 Å². The number of unbranched alkanes of at least 4 members (excludes halogenated alkanes) is 5. The van der Waals surface area contributed by atoms with Gasteiger partial charge >= 0.3 is 11.9 Å². The van der Waals surface area contributed by atoms with Gasteiger partial charge < -0.3 is 9.47 Å². The molecule has 1 aliphatic rings. The maximum absolute atomic E-state index is 12.4. The third-order valence-corrected chi connectivity index (χ3v) is 4.91. The Labute approximate surface area is 159 Å². The number of hydrogen-bond donors (Lipinski definition) is 0. The molecule has 1 rings (SSSR count). The maximum Gasteiger partial charge on any atom is 0.310 e. The largest absolute Gasteiger partial charge is 0.465 e. The first-order valence-electron chi connectivity index (χ1n) is 10.5. The smallest absolute Gasteiger partial charge is 0.310 e. The Bertz CT molecular complexity index is 428. The normalized spacial score (nSPS) is 19.5. The molecule has 0 aromatic carbocycles. The predicted molar refractivity (Wildman–Crippen MR) is 105 cm³/mol. The highest BCUT2D eigenvalue weighted by Crippen LogP contribution is 2.28. The number of allylic oxidation sites excluding steroid dienone is 2. The van der Waals surface area contributed by atoms with Gasteiger partial charge in [0.2, 0.25) is 0 Å². The molecule has 2 atom stereocenters. The van der Waals surface area contributed by atoms with Crippen molar-refractivity contribution in [2.24, 2.45) is 17.8 Å². The van der Waals surface area contributed by atoms with Crippen LogP contribution in [-0.4, -0.2) is 25.2 Å². The Balaban J connectivity index is 2.18. The highest BCUT2D eigenvalue weighted by Gasteiger charge is 2.36. The standard InChI is InChI=1S/C22H38O4/c1-4-16-25-21(23)19-14-10-11-15-20(19)22(24)26-17-12-8-6-5-7-9-13-18(2)3/h10-11,18-20H,4-9,12-17H2,1-3H3. The zero-order valence-corrected chi connectivity index (χ0v) is 17.0. The van der Waals surface area contributed by atoms with E-state index in [4.69, 9.17) is 9.47 Å². The third-order valence-electron chi connectivity index (χ3n) is 4.91. The summed E-state index contributed by atoms with van der Waals surface area (Å²) < 4.78 is 10.7. The number of rotatable bonds is 13. The molecule has 0 saturated heterocycles. The van der Waals surface area contributed by atoms with Gasteiger partial charge in [0.05, 0.1) is 25.0 Å². The van der Waals surface area contributed by atoms with Gasteiger partial charge in [-0.25, -0.2) is 0 Å². The molecule has 26 heavy (non-hydrogen) atoms. The van der Waals surface area contributed by atoms with Crippen LogP contribution < -0.4 is 0 Å². The molecule has 0 N–H and O–H groups in total. The fraction of sp³-hybridized carbons (Fsp3) is 0.818. The van der Waals surface area contributed by atoms with Crippen LogP contribution in [-0.2, 0) is 19.1 Å². The molecule has 4 nitrogen and oxygen atoms in total. The van der Waals surface area contributed by atoms with E-state index < -0.39 is 0 Å². The molecule has 0 spiro atoms. The zero-order valence-electron chi connectivity index (χ0n) is 17.0. The average molecular weight is 367 g/mol. The van der Waals surface area contributed by atoms with Crippen molar-refractivity contribution in [3.8, 4) is 0 Å². The van der Waals surface area contributed by atoms with E-state index in [0.717, 1.165) is 25.2 Å². The fourth-order valence-electron chi connectivity index (χ4n) is 3.29. The van der Waals surface area contributed by atoms with Crippen LogP contribution in [0.25, 0.3) is 0 Å². The van der Waals surface area contributed by atoms with Crippen molar-refractivity contribution in [3.05, 3.63) is 12.2 Å². The second kappa shape index (κ2) is 13.8. The van der Waals surface area contributed by atoms with Gasteiger partial charge in [0, 0.05) is 0 Å². The van der Waals surface area contributed by atoms with Crippen molar-refractivity contribution in [1.82, 2.24) is 0 Å². The number of ether oxygens (including phenoxy) is 2. The van der Waals surface area contributed by atoms with Crippen LogP contribution in [0.15, 0.2) is 12.2 Å². The molecular weight excluding hydrogens is 328 g/mol. The Morgan fingerprint density at radius 3 is 1.88 bits per heavy atom. The van der Waals surface area contributed by atoms with Crippen LogP contribution in [0.4, 0.5) is 0 Å². The van der Waals surface area contributed by atoms with Crippen molar-refractivity contribution in [3.63, 3.8) is 0 Å². The second-order valence-corrected chi connectivity index (χ2v) is 7.79. The SMILES string of the molecule is CCCOC(=O)C1CC=CCC1C(=O)OCCCCCCCCC(C)C. The van der Waals surface area contributed by atoms with E-state index in [9.17, 15) is 9.59 Å². The van der Waals surface area contributed by atoms with Gasteiger partial charge in [-0.3, -0.25) is 9.59 Å². The van der Waals surface area contributed by atoms with Gasteiger partial charge in [-0.15, -0.1) is 0 Å². The lowest BCUT2D eigenvalue weighted by molar-refractivity contribution is -0.161. The summed E-state index contributed by atoms with van der Waals surface area (Å²) in [6, 6.07) is 0. The molecule has 0 bridgehead atoms. The van der Waals surface area contributed by atoms with Gasteiger partial charge in [0.15, 0.2) is 0 Å². The van der Waals surface area contributed by atoms with E-state index >= 15 is 0 Å². The van der Waals surface area contributed by atoms with Crippen LogP contribution in [0.2, 0.25) is 0 Å².